The molecule has 0 unspecified atom stereocenters. The fraction of sp³-hybridized carbons (Fsp3) is 0.389. The van der Waals surface area contributed by atoms with E-state index in [1.165, 1.54) is 12.8 Å². The summed E-state index contributed by atoms with van der Waals surface area (Å²) in [6.07, 6.45) is 4.74. The molecule has 1 heterocycles. The summed E-state index contributed by atoms with van der Waals surface area (Å²) in [6, 6.07) is 8.80. The van der Waals surface area contributed by atoms with Crippen molar-refractivity contribution < 1.29 is 18.7 Å². The number of ether oxygens (including phenoxy) is 2. The Labute approximate surface area is 135 Å². The molecule has 3 rings (SSSR count). The Morgan fingerprint density at radius 2 is 1.96 bits per heavy atom. The molecule has 122 valence electrons. The van der Waals surface area contributed by atoms with E-state index in [2.05, 4.69) is 5.32 Å². The molecule has 1 aromatic carbocycles. The lowest BCUT2D eigenvalue weighted by Crippen LogP contribution is -2.13. The predicted octanol–water partition coefficient (Wildman–Crippen LogP) is 4.17. The lowest BCUT2D eigenvalue weighted by atomic mass is 10.2. The summed E-state index contributed by atoms with van der Waals surface area (Å²) in [5, 5.41) is 2.82. The summed E-state index contributed by atoms with van der Waals surface area (Å²) < 4.78 is 16.7. The van der Waals surface area contributed by atoms with E-state index < -0.39 is 0 Å². The number of nitrogens with one attached hydrogen (secondary N) is 1. The highest BCUT2D eigenvalue weighted by Crippen LogP contribution is 2.34. The number of carbonyl (C=O) groups is 1. The first-order valence-corrected chi connectivity index (χ1v) is 7.88. The number of hydrogen-bond donors (Lipinski definition) is 1. The summed E-state index contributed by atoms with van der Waals surface area (Å²) >= 11 is 0. The average molecular weight is 315 g/mol. The zero-order valence-electron chi connectivity index (χ0n) is 13.4. The van der Waals surface area contributed by atoms with E-state index in [0.29, 0.717) is 22.9 Å². The van der Waals surface area contributed by atoms with Crippen molar-refractivity contribution in [2.45, 2.75) is 38.7 Å². The zero-order chi connectivity index (χ0) is 16.2. The second-order valence-corrected chi connectivity index (χ2v) is 5.75. The van der Waals surface area contributed by atoms with Crippen LogP contribution in [0.25, 0.3) is 0 Å². The first-order valence-electron chi connectivity index (χ1n) is 7.88. The SMILES string of the molecule is COc1ccc(NC(=O)c2ccc(C)o2)cc1OC1CCCC1. The fourth-order valence-corrected chi connectivity index (χ4v) is 2.78. The van der Waals surface area contributed by atoms with Crippen LogP contribution in [0.3, 0.4) is 0 Å². The van der Waals surface area contributed by atoms with Gasteiger partial charge in [-0.3, -0.25) is 4.79 Å². The summed E-state index contributed by atoms with van der Waals surface area (Å²) in [5.41, 5.74) is 0.651. The standard InChI is InChI=1S/C18H21NO4/c1-12-7-9-16(22-12)18(20)19-13-8-10-15(21-2)17(11-13)23-14-5-3-4-6-14/h7-11,14H,3-6H2,1-2H3,(H,19,20). The lowest BCUT2D eigenvalue weighted by Gasteiger charge is -2.17. The highest BCUT2D eigenvalue weighted by Gasteiger charge is 2.19. The van der Waals surface area contributed by atoms with Gasteiger partial charge in [-0.1, -0.05) is 0 Å². The summed E-state index contributed by atoms with van der Waals surface area (Å²) in [6.45, 7) is 1.80. The monoisotopic (exact) mass is 315 g/mol. The largest absolute Gasteiger partial charge is 0.493 e. The van der Waals surface area contributed by atoms with Crippen molar-refractivity contribution in [3.05, 3.63) is 41.9 Å². The van der Waals surface area contributed by atoms with E-state index in [0.717, 1.165) is 12.8 Å². The third-order valence-corrected chi connectivity index (χ3v) is 3.98. The van der Waals surface area contributed by atoms with Crippen molar-refractivity contribution in [2.75, 3.05) is 12.4 Å². The molecule has 1 aromatic heterocycles. The molecule has 0 atom stereocenters. The normalized spacial score (nSPS) is 14.7. The smallest absolute Gasteiger partial charge is 0.291 e. The van der Waals surface area contributed by atoms with Crippen LogP contribution in [0.1, 0.15) is 42.0 Å². The lowest BCUT2D eigenvalue weighted by molar-refractivity contribution is 0.0995. The second-order valence-electron chi connectivity index (χ2n) is 5.75. The van der Waals surface area contributed by atoms with Gasteiger partial charge in [-0.25, -0.2) is 0 Å². The second kappa shape index (κ2) is 6.77. The van der Waals surface area contributed by atoms with Crippen LogP contribution in [-0.2, 0) is 0 Å². The maximum atomic E-state index is 12.2. The van der Waals surface area contributed by atoms with Crippen LogP contribution >= 0.6 is 0 Å². The van der Waals surface area contributed by atoms with Gasteiger partial charge in [0.25, 0.3) is 5.91 Å². The van der Waals surface area contributed by atoms with Crippen molar-refractivity contribution >= 4 is 11.6 Å². The van der Waals surface area contributed by atoms with Gasteiger partial charge >= 0.3 is 0 Å². The minimum atomic E-state index is -0.282. The van der Waals surface area contributed by atoms with Gasteiger partial charge in [0, 0.05) is 11.8 Å². The van der Waals surface area contributed by atoms with Crippen LogP contribution in [0.15, 0.2) is 34.7 Å². The summed E-state index contributed by atoms with van der Waals surface area (Å²) in [7, 11) is 1.61. The number of furan rings is 1. The van der Waals surface area contributed by atoms with Crippen LogP contribution in [0, 0.1) is 6.92 Å². The first-order chi connectivity index (χ1) is 11.2. The van der Waals surface area contributed by atoms with E-state index in [1.54, 1.807) is 44.4 Å². The number of methoxy groups -OCH3 is 1. The van der Waals surface area contributed by atoms with Crippen LogP contribution in [-0.4, -0.2) is 19.1 Å². The molecule has 1 aliphatic rings. The minimum absolute atomic E-state index is 0.225. The topological polar surface area (TPSA) is 60.7 Å². The van der Waals surface area contributed by atoms with Crippen molar-refractivity contribution in [1.82, 2.24) is 0 Å². The van der Waals surface area contributed by atoms with Crippen LogP contribution < -0.4 is 14.8 Å². The Kier molecular flexibility index (Phi) is 4.55. The van der Waals surface area contributed by atoms with Crippen LogP contribution in [0.5, 0.6) is 11.5 Å². The van der Waals surface area contributed by atoms with E-state index in [1.807, 2.05) is 0 Å². The minimum Gasteiger partial charge on any atom is -0.493 e. The molecule has 0 bridgehead atoms. The molecule has 5 heteroatoms. The van der Waals surface area contributed by atoms with Crippen LogP contribution in [0.2, 0.25) is 0 Å². The number of hydrogen-bond acceptors (Lipinski definition) is 4. The molecule has 1 aliphatic carbocycles. The van der Waals surface area contributed by atoms with Gasteiger partial charge in [0.05, 0.1) is 13.2 Å². The number of rotatable bonds is 5. The van der Waals surface area contributed by atoms with Crippen molar-refractivity contribution in [3.8, 4) is 11.5 Å². The third kappa shape index (κ3) is 3.67. The Balaban J connectivity index is 1.75. The number of carbonyl (C=O) groups excluding carboxylic acids is 1. The van der Waals surface area contributed by atoms with E-state index in [-0.39, 0.29) is 17.8 Å². The Morgan fingerprint density at radius 1 is 1.17 bits per heavy atom. The molecular weight excluding hydrogens is 294 g/mol. The van der Waals surface area contributed by atoms with E-state index in [4.69, 9.17) is 13.9 Å². The summed E-state index contributed by atoms with van der Waals surface area (Å²) in [5.74, 6) is 2.04. The number of anilines is 1. The maximum absolute atomic E-state index is 12.2. The molecule has 5 nitrogen and oxygen atoms in total. The molecule has 1 fully saturated rings. The maximum Gasteiger partial charge on any atom is 0.291 e. The quantitative estimate of drug-likeness (QED) is 0.899. The Bertz CT molecular complexity index is 686. The molecule has 0 aliphatic heterocycles. The van der Waals surface area contributed by atoms with Crippen molar-refractivity contribution in [3.63, 3.8) is 0 Å². The molecule has 0 spiro atoms. The van der Waals surface area contributed by atoms with E-state index >= 15 is 0 Å². The first kappa shape index (κ1) is 15.5. The van der Waals surface area contributed by atoms with Gasteiger partial charge in [-0.2, -0.15) is 0 Å². The highest BCUT2D eigenvalue weighted by molar-refractivity contribution is 6.02. The zero-order valence-corrected chi connectivity index (χ0v) is 13.4. The van der Waals surface area contributed by atoms with Gasteiger partial charge in [-0.15, -0.1) is 0 Å². The van der Waals surface area contributed by atoms with E-state index in [9.17, 15) is 4.79 Å². The highest BCUT2D eigenvalue weighted by atomic mass is 16.5. The molecule has 1 saturated carbocycles. The number of amides is 1. The molecule has 2 aromatic rings. The molecule has 1 amide bonds. The van der Waals surface area contributed by atoms with Gasteiger partial charge < -0.3 is 19.2 Å². The summed E-state index contributed by atoms with van der Waals surface area (Å²) in [4.78, 5) is 12.2. The third-order valence-electron chi connectivity index (χ3n) is 3.98. The average Bonchev–Trinajstić information content (AvgIpc) is 3.19. The fourth-order valence-electron chi connectivity index (χ4n) is 2.78. The molecule has 23 heavy (non-hydrogen) atoms. The molecule has 0 radical (unpaired) electrons. The van der Waals surface area contributed by atoms with Gasteiger partial charge in [0.2, 0.25) is 0 Å². The number of benzene rings is 1. The van der Waals surface area contributed by atoms with Crippen LogP contribution in [0.4, 0.5) is 5.69 Å². The molecule has 0 saturated heterocycles. The van der Waals surface area contributed by atoms with Crippen molar-refractivity contribution in [1.29, 1.82) is 0 Å². The van der Waals surface area contributed by atoms with Gasteiger partial charge in [0.15, 0.2) is 17.3 Å². The molecule has 1 N–H and O–H groups in total. The Morgan fingerprint density at radius 3 is 2.61 bits per heavy atom. The van der Waals surface area contributed by atoms with Gasteiger partial charge in [0.1, 0.15) is 5.76 Å². The van der Waals surface area contributed by atoms with Gasteiger partial charge in [-0.05, 0) is 56.9 Å². The van der Waals surface area contributed by atoms with Crippen molar-refractivity contribution in [2.24, 2.45) is 0 Å². The number of aryl methyl sites for hydroxylation is 1. The molecular formula is C18H21NO4. The predicted molar refractivity (Wildman–Crippen MR) is 87.3 cm³/mol. The Hall–Kier alpha value is -2.43.